The van der Waals surface area contributed by atoms with Gasteiger partial charge >= 0.3 is 12.4 Å². The lowest BCUT2D eigenvalue weighted by atomic mass is 9.86. The predicted molar refractivity (Wildman–Crippen MR) is 89.3 cm³/mol. The molecule has 1 aromatic rings. The summed E-state index contributed by atoms with van der Waals surface area (Å²) in [5.41, 5.74) is -6.93. The second-order valence-corrected chi connectivity index (χ2v) is 6.21. The molecule has 10 heteroatoms. The molecule has 4 nitrogen and oxygen atoms in total. The van der Waals surface area contributed by atoms with Crippen molar-refractivity contribution in [3.8, 4) is 0 Å². The Labute approximate surface area is 159 Å². The zero-order valence-corrected chi connectivity index (χ0v) is 15.8. The predicted octanol–water partition coefficient (Wildman–Crippen LogP) is 5.13. The lowest BCUT2D eigenvalue weighted by Gasteiger charge is -2.36. The molecular weight excluding hydrogens is 394 g/mol. The van der Waals surface area contributed by atoms with Gasteiger partial charge in [-0.3, -0.25) is 0 Å². The first-order valence-electron chi connectivity index (χ1n) is 7.94. The standard InChI is InChI=1S/C18H22F6O4/c1-6-12-7-13(15(2,17(19,20)21)27-10-25-4)9-14(8-12)16(3,18(22,23)24)28-11-26-5/h6-9H,1,10-11H2,2-5H3. The number of hydrogen-bond acceptors (Lipinski definition) is 4. The summed E-state index contributed by atoms with van der Waals surface area (Å²) in [6.45, 7) is 3.40. The zero-order valence-electron chi connectivity index (χ0n) is 15.8. The first-order chi connectivity index (χ1) is 12.8. The highest BCUT2D eigenvalue weighted by atomic mass is 19.4. The lowest BCUT2D eigenvalue weighted by Crippen LogP contribution is -2.45. The van der Waals surface area contributed by atoms with Gasteiger partial charge in [-0.25, -0.2) is 0 Å². The number of benzene rings is 1. The maximum Gasteiger partial charge on any atom is 0.421 e. The van der Waals surface area contributed by atoms with Crippen LogP contribution in [0.25, 0.3) is 6.08 Å². The van der Waals surface area contributed by atoms with E-state index in [9.17, 15) is 26.3 Å². The molecule has 0 aliphatic heterocycles. The molecule has 0 saturated carbocycles. The number of halogens is 6. The Morgan fingerprint density at radius 1 is 0.786 bits per heavy atom. The van der Waals surface area contributed by atoms with Gasteiger partial charge in [0.2, 0.25) is 0 Å². The van der Waals surface area contributed by atoms with E-state index in [4.69, 9.17) is 9.47 Å². The van der Waals surface area contributed by atoms with E-state index in [0.717, 1.165) is 38.5 Å². The van der Waals surface area contributed by atoms with Gasteiger partial charge < -0.3 is 18.9 Å². The van der Waals surface area contributed by atoms with Crippen LogP contribution in [0.5, 0.6) is 0 Å². The first kappa shape index (κ1) is 24.4. The minimum Gasteiger partial charge on any atom is -0.359 e. The third kappa shape index (κ3) is 4.86. The maximum absolute atomic E-state index is 13.7. The van der Waals surface area contributed by atoms with Gasteiger partial charge in [0.1, 0.15) is 13.6 Å². The summed E-state index contributed by atoms with van der Waals surface area (Å²) in [6, 6.07) is 2.85. The van der Waals surface area contributed by atoms with Crippen LogP contribution in [0.2, 0.25) is 0 Å². The Morgan fingerprint density at radius 2 is 1.14 bits per heavy atom. The van der Waals surface area contributed by atoms with Crippen LogP contribution in [0.3, 0.4) is 0 Å². The number of ether oxygens (including phenoxy) is 4. The summed E-state index contributed by atoms with van der Waals surface area (Å²) in [5.74, 6) is 0. The van der Waals surface area contributed by atoms with E-state index < -0.39 is 48.3 Å². The third-order valence-corrected chi connectivity index (χ3v) is 4.31. The summed E-state index contributed by atoms with van der Waals surface area (Å²) < 4.78 is 101. The molecule has 0 N–H and O–H groups in total. The number of methoxy groups -OCH3 is 2. The van der Waals surface area contributed by atoms with Crippen LogP contribution in [0.1, 0.15) is 30.5 Å². The van der Waals surface area contributed by atoms with Gasteiger partial charge in [-0.1, -0.05) is 12.7 Å². The van der Waals surface area contributed by atoms with Crippen molar-refractivity contribution in [3.63, 3.8) is 0 Å². The van der Waals surface area contributed by atoms with Crippen molar-refractivity contribution in [2.45, 2.75) is 37.4 Å². The van der Waals surface area contributed by atoms with Crippen LogP contribution >= 0.6 is 0 Å². The molecule has 1 aromatic carbocycles. The Hall–Kier alpha value is -1.62. The minimum atomic E-state index is -4.94. The van der Waals surface area contributed by atoms with Gasteiger partial charge in [-0.2, -0.15) is 26.3 Å². The van der Waals surface area contributed by atoms with Gasteiger partial charge in [-0.05, 0) is 48.7 Å². The molecule has 2 unspecified atom stereocenters. The minimum absolute atomic E-state index is 0.0282. The molecule has 0 heterocycles. The Bertz CT molecular complexity index is 623. The lowest BCUT2D eigenvalue weighted by molar-refractivity contribution is -0.298. The van der Waals surface area contributed by atoms with Crippen molar-refractivity contribution in [2.75, 3.05) is 27.8 Å². The Balaban J connectivity index is 3.70. The number of alkyl halides is 6. The second kappa shape index (κ2) is 8.81. The fourth-order valence-corrected chi connectivity index (χ4v) is 2.33. The van der Waals surface area contributed by atoms with Crippen molar-refractivity contribution >= 4 is 6.08 Å². The Morgan fingerprint density at radius 3 is 1.39 bits per heavy atom. The topological polar surface area (TPSA) is 36.9 Å². The summed E-state index contributed by atoms with van der Waals surface area (Å²) >= 11 is 0. The molecular formula is C18H22F6O4. The SMILES string of the molecule is C=Cc1cc(C(C)(OCOC)C(F)(F)F)cc(C(C)(OCOC)C(F)(F)F)c1. The molecule has 0 bridgehead atoms. The van der Waals surface area contributed by atoms with E-state index in [0.29, 0.717) is 13.8 Å². The van der Waals surface area contributed by atoms with Crippen LogP contribution < -0.4 is 0 Å². The number of hydrogen-bond donors (Lipinski definition) is 0. The largest absolute Gasteiger partial charge is 0.421 e. The molecule has 0 aliphatic rings. The van der Waals surface area contributed by atoms with Gasteiger partial charge in [0.25, 0.3) is 0 Å². The quantitative estimate of drug-likeness (QED) is 0.413. The molecule has 1 rings (SSSR count). The summed E-state index contributed by atoms with van der Waals surface area (Å²) in [7, 11) is 2.25. The highest BCUT2D eigenvalue weighted by Crippen LogP contribution is 2.46. The zero-order chi connectivity index (χ0) is 21.8. The fourth-order valence-electron chi connectivity index (χ4n) is 2.33. The second-order valence-electron chi connectivity index (χ2n) is 6.21. The van der Waals surface area contributed by atoms with Crippen LogP contribution in [0, 0.1) is 0 Å². The molecule has 2 atom stereocenters. The fraction of sp³-hybridized carbons (Fsp3) is 0.556. The smallest absolute Gasteiger partial charge is 0.359 e. The van der Waals surface area contributed by atoms with E-state index in [2.05, 4.69) is 16.1 Å². The monoisotopic (exact) mass is 416 g/mol. The molecule has 160 valence electrons. The van der Waals surface area contributed by atoms with E-state index in [1.54, 1.807) is 0 Å². The van der Waals surface area contributed by atoms with E-state index in [1.807, 2.05) is 0 Å². The molecule has 0 aromatic heterocycles. The molecule has 28 heavy (non-hydrogen) atoms. The van der Waals surface area contributed by atoms with E-state index in [1.165, 1.54) is 0 Å². The normalized spacial score (nSPS) is 17.1. The molecule has 0 spiro atoms. The molecule has 0 radical (unpaired) electrons. The van der Waals surface area contributed by atoms with Crippen molar-refractivity contribution in [1.82, 2.24) is 0 Å². The highest BCUT2D eigenvalue weighted by molar-refractivity contribution is 5.52. The maximum atomic E-state index is 13.7. The van der Waals surface area contributed by atoms with Crippen molar-refractivity contribution in [1.29, 1.82) is 0 Å². The average Bonchev–Trinajstić information content (AvgIpc) is 2.61. The Kier molecular flexibility index (Phi) is 7.68. The summed E-state index contributed by atoms with van der Waals surface area (Å²) in [5, 5.41) is 0. The average molecular weight is 416 g/mol. The van der Waals surface area contributed by atoms with Gasteiger partial charge in [0.15, 0.2) is 11.2 Å². The highest BCUT2D eigenvalue weighted by Gasteiger charge is 2.57. The van der Waals surface area contributed by atoms with Crippen molar-refractivity contribution in [2.24, 2.45) is 0 Å². The molecule has 0 aliphatic carbocycles. The molecule has 0 amide bonds. The molecule has 0 saturated heterocycles. The number of rotatable bonds is 9. The summed E-state index contributed by atoms with van der Waals surface area (Å²) in [4.78, 5) is 0. The van der Waals surface area contributed by atoms with E-state index >= 15 is 0 Å². The van der Waals surface area contributed by atoms with Crippen LogP contribution in [-0.4, -0.2) is 40.2 Å². The van der Waals surface area contributed by atoms with Crippen LogP contribution in [0.15, 0.2) is 24.8 Å². The van der Waals surface area contributed by atoms with Gasteiger partial charge in [-0.15, -0.1) is 0 Å². The molecule has 0 fully saturated rings. The van der Waals surface area contributed by atoms with Crippen molar-refractivity contribution < 1.29 is 45.3 Å². The first-order valence-corrected chi connectivity index (χ1v) is 7.94. The van der Waals surface area contributed by atoms with Crippen LogP contribution in [0.4, 0.5) is 26.3 Å². The van der Waals surface area contributed by atoms with Crippen LogP contribution in [-0.2, 0) is 30.1 Å². The van der Waals surface area contributed by atoms with Gasteiger partial charge in [0.05, 0.1) is 0 Å². The van der Waals surface area contributed by atoms with E-state index in [-0.39, 0.29) is 5.56 Å². The van der Waals surface area contributed by atoms with Gasteiger partial charge in [0, 0.05) is 14.2 Å². The third-order valence-electron chi connectivity index (χ3n) is 4.31. The van der Waals surface area contributed by atoms with Crippen molar-refractivity contribution in [3.05, 3.63) is 41.5 Å². The summed E-state index contributed by atoms with van der Waals surface area (Å²) in [6.07, 6.45) is -8.75.